The average molecular weight is 422 g/mol. The zero-order valence-electron chi connectivity index (χ0n) is 15.8. The summed E-state index contributed by atoms with van der Waals surface area (Å²) in [5, 5.41) is 64.9. The lowest BCUT2D eigenvalue weighted by Gasteiger charge is -2.44. The smallest absolute Gasteiger partial charge is 0.243 e. The summed E-state index contributed by atoms with van der Waals surface area (Å²) >= 11 is 0. The van der Waals surface area contributed by atoms with Crippen LogP contribution in [0.4, 0.5) is 0 Å². The Bertz CT molecular complexity index is 536. The molecule has 8 N–H and O–H groups in total. The second-order valence-corrected chi connectivity index (χ2v) is 6.93. The highest BCUT2D eigenvalue weighted by molar-refractivity contribution is 5.86. The summed E-state index contributed by atoms with van der Waals surface area (Å²) in [6.45, 7) is 3.45. The summed E-state index contributed by atoms with van der Waals surface area (Å²) in [5.41, 5.74) is 0. The summed E-state index contributed by atoms with van der Waals surface area (Å²) in [7, 11) is 0. The van der Waals surface area contributed by atoms with Gasteiger partial charge in [0.2, 0.25) is 5.91 Å². The van der Waals surface area contributed by atoms with E-state index in [1.54, 1.807) is 0 Å². The number of aliphatic hydroxyl groups excluding tert-OH is 6. The van der Waals surface area contributed by atoms with E-state index in [2.05, 4.69) is 17.2 Å². The van der Waals surface area contributed by atoms with Gasteiger partial charge in [0.05, 0.1) is 19.3 Å². The largest absolute Gasteiger partial charge is 0.394 e. The second-order valence-electron chi connectivity index (χ2n) is 6.93. The minimum Gasteiger partial charge on any atom is -0.394 e. The first-order valence-corrected chi connectivity index (χ1v) is 9.34. The minimum atomic E-state index is -1.65. The van der Waals surface area contributed by atoms with Crippen LogP contribution in [0, 0.1) is 0 Å². The van der Waals surface area contributed by atoms with Crippen LogP contribution in [-0.4, -0.2) is 125 Å². The lowest BCUT2D eigenvalue weighted by Crippen LogP contribution is -2.63. The van der Waals surface area contributed by atoms with E-state index in [9.17, 15) is 35.4 Å². The number of carbonyl (C=O) groups is 1. The van der Waals surface area contributed by atoms with Gasteiger partial charge in [0.15, 0.2) is 6.29 Å². The zero-order chi connectivity index (χ0) is 21.6. The molecule has 0 aliphatic carbocycles. The standard InChI is InChI=1S/C17H30N2O10/c1-2-11(22)19-4-3-18-5-9-16(12(23)8(21)7-27-9)29-17-15(26)14(25)13(24)10(6-20)28-17/h2,8-10,12-18,20-21,23-26H,1,3-7H2,(H,19,22). The predicted molar refractivity (Wildman–Crippen MR) is 96.5 cm³/mol. The third kappa shape index (κ3) is 6.15. The molecule has 0 aromatic rings. The van der Waals surface area contributed by atoms with E-state index < -0.39 is 61.7 Å². The number of hydrogen-bond acceptors (Lipinski definition) is 11. The summed E-state index contributed by atoms with van der Waals surface area (Å²) in [4.78, 5) is 11.1. The maximum atomic E-state index is 11.1. The molecule has 0 radical (unpaired) electrons. The third-order valence-corrected chi connectivity index (χ3v) is 4.85. The average Bonchev–Trinajstić information content (AvgIpc) is 2.72. The van der Waals surface area contributed by atoms with E-state index in [0.717, 1.165) is 6.08 Å². The SMILES string of the molecule is C=CC(=O)NCCNCC1OCC(O)C(O)C1OC1OC(CO)C(O)C(O)C1O. The maximum Gasteiger partial charge on any atom is 0.243 e. The molecule has 2 aliphatic rings. The number of ether oxygens (including phenoxy) is 3. The molecule has 2 saturated heterocycles. The Morgan fingerprint density at radius 3 is 2.45 bits per heavy atom. The third-order valence-electron chi connectivity index (χ3n) is 4.85. The molecule has 0 bridgehead atoms. The molecule has 1 amide bonds. The number of amides is 1. The Morgan fingerprint density at radius 1 is 1.07 bits per heavy atom. The molecule has 168 valence electrons. The van der Waals surface area contributed by atoms with Gasteiger partial charge in [0, 0.05) is 19.6 Å². The Kier molecular flexibility index (Phi) is 9.36. The number of nitrogens with one attached hydrogen (secondary N) is 2. The molecular weight excluding hydrogens is 392 g/mol. The topological polar surface area (TPSA) is 190 Å². The molecule has 12 heteroatoms. The van der Waals surface area contributed by atoms with Gasteiger partial charge in [-0.15, -0.1) is 0 Å². The van der Waals surface area contributed by atoms with Crippen molar-refractivity contribution in [2.75, 3.05) is 32.8 Å². The van der Waals surface area contributed by atoms with Crippen molar-refractivity contribution < 1.29 is 49.6 Å². The molecule has 0 spiro atoms. The van der Waals surface area contributed by atoms with Crippen molar-refractivity contribution >= 4 is 5.91 Å². The molecule has 29 heavy (non-hydrogen) atoms. The number of aliphatic hydroxyl groups is 6. The van der Waals surface area contributed by atoms with E-state index in [-0.39, 0.29) is 19.1 Å². The van der Waals surface area contributed by atoms with Gasteiger partial charge in [0.1, 0.15) is 42.7 Å². The van der Waals surface area contributed by atoms with Crippen molar-refractivity contribution in [3.63, 3.8) is 0 Å². The van der Waals surface area contributed by atoms with Crippen LogP contribution in [0.25, 0.3) is 0 Å². The van der Waals surface area contributed by atoms with Gasteiger partial charge >= 0.3 is 0 Å². The Morgan fingerprint density at radius 2 is 1.79 bits per heavy atom. The van der Waals surface area contributed by atoms with Crippen molar-refractivity contribution in [1.29, 1.82) is 0 Å². The van der Waals surface area contributed by atoms with Gasteiger partial charge in [-0.2, -0.15) is 0 Å². The number of carbonyl (C=O) groups excluding carboxylic acids is 1. The highest BCUT2D eigenvalue weighted by Crippen LogP contribution is 2.27. The van der Waals surface area contributed by atoms with Crippen LogP contribution < -0.4 is 10.6 Å². The zero-order valence-corrected chi connectivity index (χ0v) is 15.8. The first-order chi connectivity index (χ1) is 13.8. The Labute approximate surface area is 167 Å². The molecule has 0 aromatic heterocycles. The van der Waals surface area contributed by atoms with Crippen LogP contribution in [-0.2, 0) is 19.0 Å². The molecular formula is C17H30N2O10. The molecule has 2 fully saturated rings. The Balaban J connectivity index is 1.96. The summed E-state index contributed by atoms with van der Waals surface area (Å²) in [6, 6.07) is 0. The first-order valence-electron chi connectivity index (χ1n) is 9.34. The molecule has 0 saturated carbocycles. The van der Waals surface area contributed by atoms with Crippen molar-refractivity contribution in [2.45, 2.75) is 55.1 Å². The minimum absolute atomic E-state index is 0.144. The van der Waals surface area contributed by atoms with Crippen LogP contribution in [0.5, 0.6) is 0 Å². The maximum absolute atomic E-state index is 11.1. The fourth-order valence-corrected chi connectivity index (χ4v) is 3.12. The van der Waals surface area contributed by atoms with E-state index in [1.807, 2.05) is 0 Å². The monoisotopic (exact) mass is 422 g/mol. The summed E-state index contributed by atoms with van der Waals surface area (Å²) in [5.74, 6) is -0.317. The van der Waals surface area contributed by atoms with Gasteiger partial charge in [-0.05, 0) is 6.08 Å². The normalized spacial score (nSPS) is 40.4. The van der Waals surface area contributed by atoms with Crippen LogP contribution >= 0.6 is 0 Å². The Hall–Kier alpha value is -1.19. The molecule has 2 rings (SSSR count). The van der Waals surface area contributed by atoms with Crippen LogP contribution in [0.3, 0.4) is 0 Å². The van der Waals surface area contributed by atoms with Gasteiger partial charge < -0.3 is 55.5 Å². The highest BCUT2D eigenvalue weighted by Gasteiger charge is 2.48. The van der Waals surface area contributed by atoms with Crippen LogP contribution in [0.1, 0.15) is 0 Å². The van der Waals surface area contributed by atoms with Crippen LogP contribution in [0.15, 0.2) is 12.7 Å². The molecule has 2 aliphatic heterocycles. The van der Waals surface area contributed by atoms with Crippen LogP contribution in [0.2, 0.25) is 0 Å². The van der Waals surface area contributed by atoms with E-state index in [0.29, 0.717) is 13.1 Å². The van der Waals surface area contributed by atoms with Gasteiger partial charge in [0.25, 0.3) is 0 Å². The van der Waals surface area contributed by atoms with Crippen molar-refractivity contribution in [3.8, 4) is 0 Å². The molecule has 12 nitrogen and oxygen atoms in total. The van der Waals surface area contributed by atoms with E-state index in [1.165, 1.54) is 0 Å². The fraction of sp³-hybridized carbons (Fsp3) is 0.824. The van der Waals surface area contributed by atoms with E-state index in [4.69, 9.17) is 14.2 Å². The van der Waals surface area contributed by atoms with Crippen molar-refractivity contribution in [2.24, 2.45) is 0 Å². The van der Waals surface area contributed by atoms with Gasteiger partial charge in [-0.1, -0.05) is 6.58 Å². The van der Waals surface area contributed by atoms with Gasteiger partial charge in [-0.25, -0.2) is 0 Å². The quantitative estimate of drug-likeness (QED) is 0.131. The fourth-order valence-electron chi connectivity index (χ4n) is 3.12. The molecule has 0 aromatic carbocycles. The second kappa shape index (κ2) is 11.3. The van der Waals surface area contributed by atoms with Crippen molar-refractivity contribution in [1.82, 2.24) is 10.6 Å². The predicted octanol–water partition coefficient (Wildman–Crippen LogP) is -4.82. The number of hydrogen-bond donors (Lipinski definition) is 8. The highest BCUT2D eigenvalue weighted by atomic mass is 16.7. The molecule has 9 unspecified atom stereocenters. The lowest BCUT2D eigenvalue weighted by atomic mass is 9.97. The van der Waals surface area contributed by atoms with E-state index >= 15 is 0 Å². The molecule has 2 heterocycles. The van der Waals surface area contributed by atoms with Gasteiger partial charge in [-0.3, -0.25) is 4.79 Å². The number of rotatable bonds is 9. The summed E-state index contributed by atoms with van der Waals surface area (Å²) in [6.07, 6.45) is -10.8. The summed E-state index contributed by atoms with van der Waals surface area (Å²) < 4.78 is 16.4. The lowest BCUT2D eigenvalue weighted by molar-refractivity contribution is -0.334. The molecule has 9 atom stereocenters. The first kappa shape index (κ1) is 24.1. The van der Waals surface area contributed by atoms with Crippen molar-refractivity contribution in [3.05, 3.63) is 12.7 Å².